The number of nitriles is 1. The highest BCUT2D eigenvalue weighted by Gasteiger charge is 2.46. The highest BCUT2D eigenvalue weighted by atomic mass is 32.2. The highest BCUT2D eigenvalue weighted by molar-refractivity contribution is 7.86. The number of hydrogen-bond acceptors (Lipinski definition) is 5. The summed E-state index contributed by atoms with van der Waals surface area (Å²) < 4.78 is 66.8. The summed E-state index contributed by atoms with van der Waals surface area (Å²) >= 11 is 0. The van der Waals surface area contributed by atoms with Crippen molar-refractivity contribution in [2.75, 3.05) is 32.7 Å². The first-order valence-corrected chi connectivity index (χ1v) is 13.7. The van der Waals surface area contributed by atoms with Crippen LogP contribution in [-0.2, 0) is 32.5 Å². The third-order valence-corrected chi connectivity index (χ3v) is 9.44. The van der Waals surface area contributed by atoms with Crippen molar-refractivity contribution >= 4 is 22.0 Å². The molecular weight excluding hydrogens is 511 g/mol. The number of likely N-dealkylation sites (tertiary alicyclic amines) is 1. The van der Waals surface area contributed by atoms with Gasteiger partial charge in [-0.25, -0.2) is 0 Å². The summed E-state index contributed by atoms with van der Waals surface area (Å²) in [5.74, 6) is -1.64. The van der Waals surface area contributed by atoms with Gasteiger partial charge in [0.2, 0.25) is 11.8 Å². The topological polar surface area (TPSA) is 114 Å². The fraction of sp³-hybridized carbons (Fsp3) is 0.625. The number of halogens is 3. The Labute approximate surface area is 214 Å². The standard InChI is InChI=1S/C24H30F3N5O4S/c1-16-8-10-30(37(35,36)31-13-18(11-28)14-31)15-20(16)23(34)32-9-2-3-21(32)22(33)29-12-17-4-6-19(7-5-17)24(25,26)27/h4-7,16,18,20-21H,2-3,8-10,12-15H2,1H3,(H,29,33)/t16-,20-,21-/m1/s1. The summed E-state index contributed by atoms with van der Waals surface area (Å²) in [6, 6.07) is 5.85. The zero-order chi connectivity index (χ0) is 27.0. The number of piperidine rings is 1. The maximum absolute atomic E-state index is 13.5. The van der Waals surface area contributed by atoms with E-state index in [0.717, 1.165) is 12.1 Å². The van der Waals surface area contributed by atoms with Crippen molar-refractivity contribution in [3.05, 3.63) is 35.4 Å². The van der Waals surface area contributed by atoms with Gasteiger partial charge in [-0.3, -0.25) is 9.59 Å². The number of carbonyl (C=O) groups is 2. The number of benzene rings is 1. The van der Waals surface area contributed by atoms with Gasteiger partial charge in [-0.15, -0.1) is 0 Å². The molecule has 0 spiro atoms. The Balaban J connectivity index is 1.37. The summed E-state index contributed by atoms with van der Waals surface area (Å²) in [5, 5.41) is 11.7. The molecule has 9 nitrogen and oxygen atoms in total. The number of rotatable bonds is 6. The maximum Gasteiger partial charge on any atom is 0.416 e. The average molecular weight is 542 g/mol. The Morgan fingerprint density at radius 1 is 1.08 bits per heavy atom. The number of alkyl halides is 3. The Morgan fingerprint density at radius 2 is 1.76 bits per heavy atom. The molecule has 0 saturated carbocycles. The van der Waals surface area contributed by atoms with Gasteiger partial charge in [0.25, 0.3) is 10.2 Å². The Morgan fingerprint density at radius 3 is 2.38 bits per heavy atom. The van der Waals surface area contributed by atoms with Gasteiger partial charge in [0.15, 0.2) is 0 Å². The molecule has 202 valence electrons. The minimum atomic E-state index is -4.44. The average Bonchev–Trinajstić information content (AvgIpc) is 3.31. The molecule has 0 aliphatic carbocycles. The molecule has 3 aliphatic rings. The molecule has 4 rings (SSSR count). The summed E-state index contributed by atoms with van der Waals surface area (Å²) in [4.78, 5) is 27.9. The van der Waals surface area contributed by atoms with Crippen LogP contribution in [0.5, 0.6) is 0 Å². The first kappa shape index (κ1) is 27.3. The van der Waals surface area contributed by atoms with E-state index in [4.69, 9.17) is 5.26 Å². The second kappa shape index (κ2) is 10.6. The third-order valence-electron chi connectivity index (χ3n) is 7.51. The molecule has 3 heterocycles. The largest absolute Gasteiger partial charge is 0.416 e. The summed E-state index contributed by atoms with van der Waals surface area (Å²) in [7, 11) is -3.77. The molecule has 1 aromatic rings. The lowest BCUT2D eigenvalue weighted by atomic mass is 9.87. The first-order chi connectivity index (χ1) is 17.4. The lowest BCUT2D eigenvalue weighted by Crippen LogP contribution is -2.58. The normalized spacial score (nSPS) is 25.9. The van der Waals surface area contributed by atoms with Crippen LogP contribution in [0.25, 0.3) is 0 Å². The predicted octanol–water partition coefficient (Wildman–Crippen LogP) is 1.97. The van der Waals surface area contributed by atoms with E-state index in [9.17, 15) is 31.2 Å². The van der Waals surface area contributed by atoms with Gasteiger partial charge in [-0.1, -0.05) is 19.1 Å². The minimum Gasteiger partial charge on any atom is -0.350 e. The van der Waals surface area contributed by atoms with E-state index in [2.05, 4.69) is 11.4 Å². The minimum absolute atomic E-state index is 0.0203. The summed E-state index contributed by atoms with van der Waals surface area (Å²) in [6.45, 7) is 2.92. The third kappa shape index (κ3) is 5.76. The molecular formula is C24H30F3N5O4S. The second-order valence-corrected chi connectivity index (χ2v) is 11.9. The van der Waals surface area contributed by atoms with Crippen LogP contribution in [0.15, 0.2) is 24.3 Å². The zero-order valence-corrected chi connectivity index (χ0v) is 21.3. The molecule has 1 N–H and O–H groups in total. The number of carbonyl (C=O) groups excluding carboxylic acids is 2. The fourth-order valence-electron chi connectivity index (χ4n) is 5.08. The van der Waals surface area contributed by atoms with Gasteiger partial charge in [0, 0.05) is 39.3 Å². The second-order valence-electron chi connectivity index (χ2n) is 9.98. The van der Waals surface area contributed by atoms with Gasteiger partial charge < -0.3 is 10.2 Å². The van der Waals surface area contributed by atoms with Gasteiger partial charge >= 0.3 is 6.18 Å². The van der Waals surface area contributed by atoms with Gasteiger partial charge in [-0.05, 0) is 42.9 Å². The molecule has 0 aromatic heterocycles. The molecule has 0 unspecified atom stereocenters. The Bertz CT molecular complexity index is 1160. The van der Waals surface area contributed by atoms with Crippen molar-refractivity contribution in [2.45, 2.75) is 44.9 Å². The molecule has 2 amide bonds. The molecule has 37 heavy (non-hydrogen) atoms. The number of hydrogen-bond donors (Lipinski definition) is 1. The quantitative estimate of drug-likeness (QED) is 0.592. The van der Waals surface area contributed by atoms with Crippen LogP contribution in [0.2, 0.25) is 0 Å². The van der Waals surface area contributed by atoms with Crippen LogP contribution in [0.3, 0.4) is 0 Å². The van der Waals surface area contributed by atoms with Crippen LogP contribution >= 0.6 is 0 Å². The Hall–Kier alpha value is -2.69. The molecule has 1 aromatic carbocycles. The van der Waals surface area contributed by atoms with E-state index in [-0.39, 0.29) is 56.4 Å². The van der Waals surface area contributed by atoms with Crippen molar-refractivity contribution in [1.29, 1.82) is 5.26 Å². The van der Waals surface area contributed by atoms with Crippen LogP contribution in [0.4, 0.5) is 13.2 Å². The van der Waals surface area contributed by atoms with Gasteiger partial charge in [0.05, 0.1) is 23.5 Å². The van der Waals surface area contributed by atoms with Crippen LogP contribution in [0, 0.1) is 29.1 Å². The van der Waals surface area contributed by atoms with Gasteiger partial charge in [-0.2, -0.15) is 35.5 Å². The number of nitrogens with zero attached hydrogens (tertiary/aromatic N) is 4. The molecule has 3 aliphatic heterocycles. The molecule has 0 radical (unpaired) electrons. The predicted molar refractivity (Wildman–Crippen MR) is 126 cm³/mol. The lowest BCUT2D eigenvalue weighted by molar-refractivity contribution is -0.144. The van der Waals surface area contributed by atoms with E-state index >= 15 is 0 Å². The van der Waals surface area contributed by atoms with E-state index < -0.39 is 33.9 Å². The lowest BCUT2D eigenvalue weighted by Gasteiger charge is -2.42. The van der Waals surface area contributed by atoms with Crippen LogP contribution < -0.4 is 5.32 Å². The van der Waals surface area contributed by atoms with E-state index in [1.54, 1.807) is 0 Å². The van der Waals surface area contributed by atoms with Crippen molar-refractivity contribution in [3.8, 4) is 6.07 Å². The highest BCUT2D eigenvalue weighted by Crippen LogP contribution is 2.32. The van der Waals surface area contributed by atoms with E-state index in [1.807, 2.05) is 6.92 Å². The number of amides is 2. The molecule has 0 bridgehead atoms. The smallest absolute Gasteiger partial charge is 0.350 e. The van der Waals surface area contributed by atoms with E-state index in [0.29, 0.717) is 31.4 Å². The van der Waals surface area contributed by atoms with Crippen molar-refractivity contribution in [1.82, 2.24) is 18.8 Å². The first-order valence-electron chi connectivity index (χ1n) is 12.3. The summed E-state index contributed by atoms with van der Waals surface area (Å²) in [6.07, 6.45) is -2.86. The fourth-order valence-corrected chi connectivity index (χ4v) is 6.82. The molecule has 3 saturated heterocycles. The van der Waals surface area contributed by atoms with Crippen LogP contribution in [-0.4, -0.2) is 72.5 Å². The molecule has 3 atom stereocenters. The Kier molecular flexibility index (Phi) is 7.83. The van der Waals surface area contributed by atoms with Gasteiger partial charge in [0.1, 0.15) is 6.04 Å². The van der Waals surface area contributed by atoms with Crippen molar-refractivity contribution < 1.29 is 31.2 Å². The van der Waals surface area contributed by atoms with Crippen LogP contribution in [0.1, 0.15) is 37.3 Å². The zero-order valence-electron chi connectivity index (χ0n) is 20.4. The monoisotopic (exact) mass is 541 g/mol. The SMILES string of the molecule is C[C@@H]1CCN(S(=O)(=O)N2CC(C#N)C2)C[C@H]1C(=O)N1CCC[C@@H]1C(=O)NCc1ccc(C(F)(F)F)cc1. The van der Waals surface area contributed by atoms with Crippen molar-refractivity contribution in [3.63, 3.8) is 0 Å². The molecule has 13 heteroatoms. The maximum atomic E-state index is 13.5. The molecule has 3 fully saturated rings. The number of nitrogens with one attached hydrogen (secondary N) is 1. The van der Waals surface area contributed by atoms with Crippen molar-refractivity contribution in [2.24, 2.45) is 17.8 Å². The summed E-state index contributed by atoms with van der Waals surface area (Å²) in [5.41, 5.74) is -0.268. The van der Waals surface area contributed by atoms with E-state index in [1.165, 1.54) is 25.6 Å².